The van der Waals surface area contributed by atoms with Crippen LogP contribution in [0.3, 0.4) is 0 Å². The molecule has 0 saturated heterocycles. The van der Waals surface area contributed by atoms with Gasteiger partial charge in [-0.05, 0) is 31.7 Å². The molecule has 0 aromatic carbocycles. The molecule has 5 N–H and O–H groups in total. The fourth-order valence-electron chi connectivity index (χ4n) is 1.50. The minimum absolute atomic E-state index is 0.00580. The number of hydrogen-bond donors (Lipinski definition) is 4. The Hall–Kier alpha value is -1.13. The van der Waals surface area contributed by atoms with Crippen molar-refractivity contribution < 1.29 is 38.2 Å². The average Bonchev–Trinajstić information content (AvgIpc) is 2.48. The Morgan fingerprint density at radius 1 is 1.17 bits per heavy atom. The first kappa shape index (κ1) is 22.9. The first-order valence-electron chi connectivity index (χ1n) is 7.19. The first-order chi connectivity index (χ1) is 11.1. The van der Waals surface area contributed by atoms with Crippen LogP contribution in [0, 0.1) is 0 Å². The summed E-state index contributed by atoms with van der Waals surface area (Å²) in [5, 5.41) is 2.32. The van der Waals surface area contributed by atoms with E-state index in [1.807, 2.05) is 0 Å². The predicted molar refractivity (Wildman–Crippen MR) is 86.9 cm³/mol. The molecule has 0 bridgehead atoms. The zero-order valence-corrected chi connectivity index (χ0v) is 15.2. The molecule has 0 aromatic heterocycles. The van der Waals surface area contributed by atoms with Gasteiger partial charge in [-0.25, -0.2) is 9.36 Å². The molecule has 0 fully saturated rings. The Morgan fingerprint density at radius 2 is 1.71 bits per heavy atom. The Morgan fingerprint density at radius 3 is 2.21 bits per heavy atom. The third-order valence-electron chi connectivity index (χ3n) is 2.59. The highest BCUT2D eigenvalue weighted by molar-refractivity contribution is 8.54. The highest BCUT2D eigenvalue weighted by Gasteiger charge is 2.27. The SMILES string of the molecule is CCOC(=O)C(N)CCC(=O)NC(CSP(=O)(O)O)C(=O)OCC. The average molecular weight is 386 g/mol. The summed E-state index contributed by atoms with van der Waals surface area (Å²) in [4.78, 5) is 52.6. The molecule has 0 aromatic rings. The molecule has 0 saturated carbocycles. The van der Waals surface area contributed by atoms with Gasteiger partial charge in [-0.15, -0.1) is 0 Å². The number of esters is 2. The Balaban J connectivity index is 4.54. The lowest BCUT2D eigenvalue weighted by molar-refractivity contribution is -0.147. The van der Waals surface area contributed by atoms with Crippen LogP contribution in [0.25, 0.3) is 0 Å². The van der Waals surface area contributed by atoms with E-state index in [1.165, 1.54) is 0 Å². The molecule has 12 heteroatoms. The maximum Gasteiger partial charge on any atom is 0.384 e. The van der Waals surface area contributed by atoms with E-state index in [0.29, 0.717) is 0 Å². The zero-order valence-electron chi connectivity index (χ0n) is 13.5. The summed E-state index contributed by atoms with van der Waals surface area (Å²) < 4.78 is 20.3. The van der Waals surface area contributed by atoms with Crippen molar-refractivity contribution in [2.24, 2.45) is 5.73 Å². The van der Waals surface area contributed by atoms with Crippen LogP contribution in [-0.4, -0.2) is 58.7 Å². The maximum absolute atomic E-state index is 11.8. The second-order valence-electron chi connectivity index (χ2n) is 4.56. The third kappa shape index (κ3) is 10.6. The van der Waals surface area contributed by atoms with E-state index in [4.69, 9.17) is 25.0 Å². The van der Waals surface area contributed by atoms with Crippen molar-refractivity contribution in [2.75, 3.05) is 19.0 Å². The van der Waals surface area contributed by atoms with Gasteiger partial charge in [0.1, 0.15) is 12.1 Å². The van der Waals surface area contributed by atoms with Gasteiger partial charge in [0, 0.05) is 12.2 Å². The molecule has 24 heavy (non-hydrogen) atoms. The van der Waals surface area contributed by atoms with Crippen LogP contribution in [-0.2, 0) is 28.4 Å². The van der Waals surface area contributed by atoms with Crippen molar-refractivity contribution in [3.63, 3.8) is 0 Å². The van der Waals surface area contributed by atoms with Crippen LogP contribution >= 0.6 is 18.2 Å². The van der Waals surface area contributed by atoms with Crippen molar-refractivity contribution in [2.45, 2.75) is 38.8 Å². The summed E-state index contributed by atoms with van der Waals surface area (Å²) in [5.74, 6) is -2.39. The molecule has 140 valence electrons. The van der Waals surface area contributed by atoms with E-state index in [0.717, 1.165) is 0 Å². The van der Waals surface area contributed by atoms with Crippen LogP contribution in [0.15, 0.2) is 0 Å². The van der Waals surface area contributed by atoms with Crippen molar-refractivity contribution in [3.8, 4) is 0 Å². The van der Waals surface area contributed by atoms with Crippen LogP contribution < -0.4 is 11.1 Å². The fraction of sp³-hybridized carbons (Fsp3) is 0.750. The standard InChI is InChI=1S/C12H23N2O8PS/c1-3-21-11(16)8(13)5-6-10(15)14-9(12(17)22-4-2)7-24-23(18,19)20/h8-9H,3-7,13H2,1-2H3,(H,14,15)(H2,18,19,20). The molecular weight excluding hydrogens is 363 g/mol. The molecule has 0 aliphatic rings. The largest absolute Gasteiger partial charge is 0.465 e. The highest BCUT2D eigenvalue weighted by atomic mass is 32.7. The third-order valence-corrected chi connectivity index (χ3v) is 4.86. The summed E-state index contributed by atoms with van der Waals surface area (Å²) in [6.45, 7) is -0.986. The van der Waals surface area contributed by atoms with Gasteiger partial charge in [0.2, 0.25) is 5.91 Å². The number of amides is 1. The molecule has 2 unspecified atom stereocenters. The smallest absolute Gasteiger partial charge is 0.384 e. The zero-order chi connectivity index (χ0) is 18.8. The number of rotatable bonds is 11. The normalized spacial score (nSPS) is 13.7. The molecule has 0 rings (SSSR count). The molecule has 0 aliphatic carbocycles. The summed E-state index contributed by atoms with van der Waals surface area (Å²) in [5.41, 5.74) is 5.55. The summed E-state index contributed by atoms with van der Waals surface area (Å²) >= 11 is 0.226. The van der Waals surface area contributed by atoms with Crippen LogP contribution in [0.4, 0.5) is 0 Å². The van der Waals surface area contributed by atoms with Gasteiger partial charge >= 0.3 is 18.7 Å². The molecule has 0 spiro atoms. The number of carbonyl (C=O) groups excluding carboxylic acids is 3. The Kier molecular flexibility index (Phi) is 10.9. The van der Waals surface area contributed by atoms with Crippen molar-refractivity contribution in [3.05, 3.63) is 0 Å². The Bertz CT molecular complexity index is 484. The molecule has 2 atom stereocenters. The van der Waals surface area contributed by atoms with Crippen molar-refractivity contribution >= 4 is 36.0 Å². The fourth-order valence-corrected chi connectivity index (χ4v) is 3.10. The highest BCUT2D eigenvalue weighted by Crippen LogP contribution is 2.50. The van der Waals surface area contributed by atoms with E-state index in [9.17, 15) is 18.9 Å². The van der Waals surface area contributed by atoms with Gasteiger partial charge in [0.05, 0.1) is 13.2 Å². The second-order valence-corrected chi connectivity index (χ2v) is 8.33. The minimum atomic E-state index is -4.40. The molecular formula is C12H23N2O8PS. The van der Waals surface area contributed by atoms with E-state index in [1.54, 1.807) is 13.8 Å². The molecule has 10 nitrogen and oxygen atoms in total. The number of ether oxygens (including phenoxy) is 2. The minimum Gasteiger partial charge on any atom is -0.465 e. The lowest BCUT2D eigenvalue weighted by atomic mass is 10.1. The number of nitrogens with two attached hydrogens (primary N) is 1. The van der Waals surface area contributed by atoms with Crippen molar-refractivity contribution in [1.82, 2.24) is 5.32 Å². The van der Waals surface area contributed by atoms with Crippen LogP contribution in [0.1, 0.15) is 26.7 Å². The predicted octanol–water partition coefficient (Wildman–Crippen LogP) is -0.469. The van der Waals surface area contributed by atoms with Crippen LogP contribution in [0.5, 0.6) is 0 Å². The molecule has 0 heterocycles. The van der Waals surface area contributed by atoms with Gasteiger partial charge < -0.3 is 30.3 Å². The maximum atomic E-state index is 11.8. The number of hydrogen-bond acceptors (Lipinski definition) is 8. The van der Waals surface area contributed by atoms with Gasteiger partial charge in [0.15, 0.2) is 0 Å². The summed E-state index contributed by atoms with van der Waals surface area (Å²) in [7, 11) is 0. The number of nitrogens with one attached hydrogen (secondary N) is 1. The Labute approximate surface area is 143 Å². The van der Waals surface area contributed by atoms with Crippen molar-refractivity contribution in [1.29, 1.82) is 0 Å². The molecule has 0 aliphatic heterocycles. The summed E-state index contributed by atoms with van der Waals surface area (Å²) in [6.07, 6.45) is -0.150. The monoisotopic (exact) mass is 386 g/mol. The number of carbonyl (C=O) groups is 3. The van der Waals surface area contributed by atoms with Gasteiger partial charge in [-0.3, -0.25) is 9.59 Å². The van der Waals surface area contributed by atoms with E-state index in [-0.39, 0.29) is 43.2 Å². The molecule has 0 radical (unpaired) electrons. The first-order valence-corrected chi connectivity index (χ1v) is 10.4. The van der Waals surface area contributed by atoms with Gasteiger partial charge in [-0.1, -0.05) is 0 Å². The quantitative estimate of drug-likeness (QED) is 0.269. The lowest BCUT2D eigenvalue weighted by Crippen LogP contribution is -2.44. The molecule has 1 amide bonds. The van der Waals surface area contributed by atoms with E-state index < -0.39 is 36.7 Å². The summed E-state index contributed by atoms with van der Waals surface area (Å²) in [6, 6.07) is -2.19. The van der Waals surface area contributed by atoms with Gasteiger partial charge in [0.25, 0.3) is 0 Å². The van der Waals surface area contributed by atoms with E-state index in [2.05, 4.69) is 5.32 Å². The second kappa shape index (κ2) is 11.4. The van der Waals surface area contributed by atoms with Crippen LogP contribution in [0.2, 0.25) is 0 Å². The van der Waals surface area contributed by atoms with Gasteiger partial charge in [-0.2, -0.15) is 0 Å². The topological polar surface area (TPSA) is 165 Å². The lowest BCUT2D eigenvalue weighted by Gasteiger charge is -2.17. The van der Waals surface area contributed by atoms with E-state index >= 15 is 0 Å².